The van der Waals surface area contributed by atoms with Gasteiger partial charge in [0.05, 0.1) is 5.56 Å². The average molecular weight is 452 g/mol. The number of hydrogen-bond donors (Lipinski definition) is 1. The van der Waals surface area contributed by atoms with E-state index < -0.39 is 0 Å². The minimum absolute atomic E-state index is 0.564. The van der Waals surface area contributed by atoms with Crippen LogP contribution in [-0.2, 0) is 0 Å². The lowest BCUT2D eigenvalue weighted by atomic mass is 9.95. The molecule has 2 N–H and O–H groups in total. The first-order valence-electron chi connectivity index (χ1n) is 11.6. The third-order valence-corrected chi connectivity index (χ3v) is 6.75. The Morgan fingerprint density at radius 2 is 1.11 bits per heavy atom. The first kappa shape index (κ1) is 19.7. The Labute approximate surface area is 201 Å². The summed E-state index contributed by atoms with van der Waals surface area (Å²) >= 11 is 0. The number of para-hydroxylation sites is 2. The standard InChI is InChI=1S/C32H21NO2/c1-19(33)20-13-15-21(16-14-20)22-7-6-8-23(17-22)30-31-26(24-9-2-4-11-28(24)34-31)18-27-25-10-3-5-12-29(25)35-32(27)30/h2-18H,1,33H2. The van der Waals surface area contributed by atoms with Crippen LogP contribution in [0.1, 0.15) is 5.56 Å². The first-order valence-corrected chi connectivity index (χ1v) is 11.6. The SMILES string of the molecule is C=C(N)c1ccc(-c2cccc(-c3c4oc5ccccc5c4cc4c3oc3ccccc34)c2)cc1. The Hall–Kier alpha value is -4.76. The van der Waals surface area contributed by atoms with Gasteiger partial charge in [-0.05, 0) is 46.5 Å². The molecule has 3 nitrogen and oxygen atoms in total. The molecule has 0 fully saturated rings. The van der Waals surface area contributed by atoms with Gasteiger partial charge in [0.2, 0.25) is 0 Å². The molecule has 5 aromatic carbocycles. The molecule has 0 bridgehead atoms. The van der Waals surface area contributed by atoms with Crippen LogP contribution in [0.4, 0.5) is 0 Å². The molecule has 0 radical (unpaired) electrons. The van der Waals surface area contributed by atoms with Crippen LogP contribution < -0.4 is 5.73 Å². The molecule has 2 aromatic heterocycles. The zero-order valence-electron chi connectivity index (χ0n) is 18.9. The van der Waals surface area contributed by atoms with E-state index in [1.807, 2.05) is 36.4 Å². The van der Waals surface area contributed by atoms with E-state index in [0.717, 1.165) is 71.7 Å². The lowest BCUT2D eigenvalue weighted by molar-refractivity contribution is 0.658. The van der Waals surface area contributed by atoms with Crippen LogP contribution in [0.3, 0.4) is 0 Å². The van der Waals surface area contributed by atoms with Gasteiger partial charge in [-0.15, -0.1) is 0 Å². The van der Waals surface area contributed by atoms with Gasteiger partial charge >= 0.3 is 0 Å². The molecular formula is C32H21NO2. The van der Waals surface area contributed by atoms with Crippen LogP contribution in [-0.4, -0.2) is 0 Å². The molecule has 0 saturated heterocycles. The van der Waals surface area contributed by atoms with Gasteiger partial charge in [-0.1, -0.05) is 85.4 Å². The molecule has 3 heteroatoms. The summed E-state index contributed by atoms with van der Waals surface area (Å²) in [6.45, 7) is 3.83. The number of rotatable bonds is 3. The van der Waals surface area contributed by atoms with Crippen molar-refractivity contribution in [3.05, 3.63) is 115 Å². The van der Waals surface area contributed by atoms with E-state index in [4.69, 9.17) is 14.6 Å². The van der Waals surface area contributed by atoms with Gasteiger partial charge in [0.1, 0.15) is 22.3 Å². The van der Waals surface area contributed by atoms with Gasteiger partial charge in [0.25, 0.3) is 0 Å². The lowest BCUT2D eigenvalue weighted by Gasteiger charge is -2.09. The Morgan fingerprint density at radius 1 is 0.543 bits per heavy atom. The Bertz CT molecular complexity index is 1830. The summed E-state index contributed by atoms with van der Waals surface area (Å²) < 4.78 is 12.9. The fourth-order valence-electron chi connectivity index (χ4n) is 5.03. The minimum Gasteiger partial charge on any atom is -0.455 e. The van der Waals surface area contributed by atoms with E-state index in [-0.39, 0.29) is 0 Å². The topological polar surface area (TPSA) is 52.3 Å². The van der Waals surface area contributed by atoms with Crippen molar-refractivity contribution in [1.82, 2.24) is 0 Å². The molecule has 2 heterocycles. The molecule has 35 heavy (non-hydrogen) atoms. The Kier molecular flexibility index (Phi) is 4.15. The van der Waals surface area contributed by atoms with Gasteiger partial charge in [-0.3, -0.25) is 0 Å². The fraction of sp³-hybridized carbons (Fsp3) is 0. The van der Waals surface area contributed by atoms with Crippen LogP contribution >= 0.6 is 0 Å². The largest absolute Gasteiger partial charge is 0.455 e. The molecule has 0 aliphatic heterocycles. The summed E-state index contributed by atoms with van der Waals surface area (Å²) in [5.41, 5.74) is 15.0. The summed E-state index contributed by atoms with van der Waals surface area (Å²) in [5, 5.41) is 4.38. The monoisotopic (exact) mass is 451 g/mol. The van der Waals surface area contributed by atoms with Gasteiger partial charge in [0.15, 0.2) is 0 Å². The van der Waals surface area contributed by atoms with E-state index in [0.29, 0.717) is 5.70 Å². The number of furan rings is 2. The fourth-order valence-corrected chi connectivity index (χ4v) is 5.03. The van der Waals surface area contributed by atoms with Crippen molar-refractivity contribution < 1.29 is 8.83 Å². The molecule has 0 saturated carbocycles. The summed E-state index contributed by atoms with van der Waals surface area (Å²) in [5.74, 6) is 0. The number of hydrogen-bond acceptors (Lipinski definition) is 3. The van der Waals surface area contributed by atoms with Gasteiger partial charge < -0.3 is 14.6 Å². The third kappa shape index (κ3) is 2.99. The minimum atomic E-state index is 0.564. The molecule has 0 aliphatic carbocycles. The molecule has 166 valence electrons. The number of fused-ring (bicyclic) bond motifs is 6. The maximum absolute atomic E-state index is 6.45. The average Bonchev–Trinajstić information content (AvgIpc) is 3.45. The summed E-state index contributed by atoms with van der Waals surface area (Å²) in [7, 11) is 0. The second-order valence-corrected chi connectivity index (χ2v) is 8.88. The molecule has 0 spiro atoms. The Balaban J connectivity index is 1.54. The zero-order chi connectivity index (χ0) is 23.5. The predicted octanol–water partition coefficient (Wildman–Crippen LogP) is 8.75. The van der Waals surface area contributed by atoms with Crippen molar-refractivity contribution in [1.29, 1.82) is 0 Å². The van der Waals surface area contributed by atoms with Crippen molar-refractivity contribution in [3.8, 4) is 22.3 Å². The van der Waals surface area contributed by atoms with Crippen LogP contribution in [0.2, 0.25) is 0 Å². The van der Waals surface area contributed by atoms with Crippen LogP contribution in [0.5, 0.6) is 0 Å². The van der Waals surface area contributed by atoms with Crippen molar-refractivity contribution in [2.24, 2.45) is 5.73 Å². The van der Waals surface area contributed by atoms with E-state index in [9.17, 15) is 0 Å². The van der Waals surface area contributed by atoms with Crippen molar-refractivity contribution >= 4 is 49.6 Å². The van der Waals surface area contributed by atoms with Gasteiger partial charge in [-0.25, -0.2) is 0 Å². The summed E-state index contributed by atoms with van der Waals surface area (Å²) in [6.07, 6.45) is 0. The molecule has 7 rings (SSSR count). The highest BCUT2D eigenvalue weighted by molar-refractivity contribution is 6.22. The quantitative estimate of drug-likeness (QED) is 0.292. The van der Waals surface area contributed by atoms with E-state index in [1.165, 1.54) is 0 Å². The highest BCUT2D eigenvalue weighted by Crippen LogP contribution is 2.44. The van der Waals surface area contributed by atoms with Crippen LogP contribution in [0.25, 0.3) is 71.8 Å². The molecular weight excluding hydrogens is 430 g/mol. The van der Waals surface area contributed by atoms with E-state index in [1.54, 1.807) is 0 Å². The smallest absolute Gasteiger partial charge is 0.147 e. The van der Waals surface area contributed by atoms with Gasteiger partial charge in [-0.2, -0.15) is 0 Å². The Morgan fingerprint density at radius 3 is 1.71 bits per heavy atom. The summed E-state index contributed by atoms with van der Waals surface area (Å²) in [4.78, 5) is 0. The maximum Gasteiger partial charge on any atom is 0.147 e. The lowest BCUT2D eigenvalue weighted by Crippen LogP contribution is -1.93. The highest BCUT2D eigenvalue weighted by Gasteiger charge is 2.21. The summed E-state index contributed by atoms with van der Waals surface area (Å²) in [6, 6.07) is 35.2. The van der Waals surface area contributed by atoms with Crippen molar-refractivity contribution in [2.75, 3.05) is 0 Å². The molecule has 0 amide bonds. The van der Waals surface area contributed by atoms with Gasteiger partial charge in [0, 0.05) is 27.2 Å². The number of benzene rings is 5. The van der Waals surface area contributed by atoms with Crippen molar-refractivity contribution in [3.63, 3.8) is 0 Å². The van der Waals surface area contributed by atoms with Crippen LogP contribution in [0, 0.1) is 0 Å². The second-order valence-electron chi connectivity index (χ2n) is 8.88. The highest BCUT2D eigenvalue weighted by atomic mass is 16.3. The van der Waals surface area contributed by atoms with E-state index >= 15 is 0 Å². The molecule has 0 unspecified atom stereocenters. The third-order valence-electron chi connectivity index (χ3n) is 6.75. The molecule has 0 atom stereocenters. The first-order chi connectivity index (χ1) is 17.2. The van der Waals surface area contributed by atoms with Crippen LogP contribution in [0.15, 0.2) is 119 Å². The zero-order valence-corrected chi connectivity index (χ0v) is 18.9. The van der Waals surface area contributed by atoms with E-state index in [2.05, 4.69) is 73.3 Å². The molecule has 7 aromatic rings. The normalized spacial score (nSPS) is 11.7. The number of nitrogens with two attached hydrogens (primary N) is 1. The molecule has 0 aliphatic rings. The predicted molar refractivity (Wildman–Crippen MR) is 145 cm³/mol. The maximum atomic E-state index is 6.45. The second kappa shape index (κ2) is 7.37. The van der Waals surface area contributed by atoms with Crippen molar-refractivity contribution in [2.45, 2.75) is 0 Å².